The van der Waals surface area contributed by atoms with Crippen LogP contribution in [0.25, 0.3) is 0 Å². The van der Waals surface area contributed by atoms with Gasteiger partial charge in [0.25, 0.3) is 11.5 Å². The average molecular weight is 326 g/mol. The summed E-state index contributed by atoms with van der Waals surface area (Å²) in [6, 6.07) is 9.25. The number of aryl methyl sites for hydroxylation is 1. The van der Waals surface area contributed by atoms with Crippen molar-refractivity contribution < 1.29 is 14.5 Å². The maximum absolute atomic E-state index is 13.0. The third-order valence-corrected chi connectivity index (χ3v) is 4.28. The van der Waals surface area contributed by atoms with Gasteiger partial charge in [0.2, 0.25) is 0 Å². The Kier molecular flexibility index (Phi) is 4.58. The molecule has 0 radical (unpaired) electrons. The highest BCUT2D eigenvalue weighted by Gasteiger charge is 2.29. The lowest BCUT2D eigenvalue weighted by atomic mass is 9.78. The van der Waals surface area contributed by atoms with Crippen molar-refractivity contribution in [3.63, 3.8) is 0 Å². The molecule has 2 aromatic rings. The number of nitrogens with zero attached hydrogens (tertiary/aromatic N) is 1. The van der Waals surface area contributed by atoms with E-state index in [2.05, 4.69) is 0 Å². The molecule has 24 heavy (non-hydrogen) atoms. The minimum Gasteiger partial charge on any atom is -0.507 e. The molecule has 1 N–H and O–H groups in total. The molecule has 1 aromatic carbocycles. The number of carbonyl (C=O) groups excluding carboxylic acids is 1. The van der Waals surface area contributed by atoms with E-state index in [9.17, 15) is 9.90 Å². The molecule has 128 valence electrons. The summed E-state index contributed by atoms with van der Waals surface area (Å²) < 4.78 is 1.82. The van der Waals surface area contributed by atoms with Gasteiger partial charge in [-0.2, -0.15) is 4.57 Å². The van der Waals surface area contributed by atoms with Crippen molar-refractivity contribution >= 4 is 5.78 Å². The van der Waals surface area contributed by atoms with Gasteiger partial charge in [0.05, 0.1) is 0 Å². The second-order valence-electron chi connectivity index (χ2n) is 8.45. The van der Waals surface area contributed by atoms with Crippen LogP contribution in [0.2, 0.25) is 0 Å². The summed E-state index contributed by atoms with van der Waals surface area (Å²) in [5, 5.41) is 10.8. The molecule has 0 unspecified atom stereocenters. The molecule has 0 bridgehead atoms. The molecule has 3 nitrogen and oxygen atoms in total. The highest BCUT2D eigenvalue weighted by molar-refractivity contribution is 6.07. The largest absolute Gasteiger partial charge is 0.507 e. The molecule has 0 aliphatic carbocycles. The van der Waals surface area contributed by atoms with Crippen LogP contribution in [0.5, 0.6) is 5.75 Å². The molecule has 0 saturated carbocycles. The lowest BCUT2D eigenvalue weighted by Gasteiger charge is -2.27. The van der Waals surface area contributed by atoms with Gasteiger partial charge in [0.1, 0.15) is 12.8 Å². The van der Waals surface area contributed by atoms with Gasteiger partial charge in [-0.3, -0.25) is 4.79 Å². The molecule has 1 aromatic heterocycles. The number of ketones is 1. The van der Waals surface area contributed by atoms with Crippen LogP contribution in [0.4, 0.5) is 0 Å². The Morgan fingerprint density at radius 3 is 1.88 bits per heavy atom. The number of rotatable bonds is 2. The van der Waals surface area contributed by atoms with Gasteiger partial charge >= 0.3 is 0 Å². The maximum atomic E-state index is 13.0. The lowest BCUT2D eigenvalue weighted by molar-refractivity contribution is -0.673. The first-order chi connectivity index (χ1) is 10.9. The Labute approximate surface area is 145 Å². The molecule has 0 spiro atoms. The summed E-state index contributed by atoms with van der Waals surface area (Å²) in [6.45, 7) is 12.3. The van der Waals surface area contributed by atoms with E-state index in [1.165, 1.54) is 0 Å². The van der Waals surface area contributed by atoms with Gasteiger partial charge < -0.3 is 5.11 Å². The molecular formula is C21H28NO2+. The third-order valence-electron chi connectivity index (χ3n) is 4.28. The van der Waals surface area contributed by atoms with E-state index in [-0.39, 0.29) is 16.6 Å². The Morgan fingerprint density at radius 2 is 1.46 bits per heavy atom. The lowest BCUT2D eigenvalue weighted by Crippen LogP contribution is -2.35. The van der Waals surface area contributed by atoms with Crippen LogP contribution < -0.4 is 4.57 Å². The van der Waals surface area contributed by atoms with E-state index in [0.717, 1.165) is 11.1 Å². The fraction of sp³-hybridized carbons (Fsp3) is 0.429. The highest BCUT2D eigenvalue weighted by atomic mass is 16.3. The molecule has 2 rings (SSSR count). The molecular weight excluding hydrogens is 298 g/mol. The van der Waals surface area contributed by atoms with E-state index in [1.807, 2.05) is 89.7 Å². The first-order valence-corrected chi connectivity index (χ1v) is 8.30. The zero-order valence-corrected chi connectivity index (χ0v) is 15.8. The third kappa shape index (κ3) is 3.50. The smallest absolute Gasteiger partial charge is 0.256 e. The van der Waals surface area contributed by atoms with E-state index >= 15 is 0 Å². The van der Waals surface area contributed by atoms with Gasteiger partial charge in [-0.15, -0.1) is 0 Å². The summed E-state index contributed by atoms with van der Waals surface area (Å²) in [5.74, 6) is 0.262. The van der Waals surface area contributed by atoms with Crippen molar-refractivity contribution in [2.24, 2.45) is 7.05 Å². The number of hydrogen-bond donors (Lipinski definition) is 1. The van der Waals surface area contributed by atoms with E-state index in [0.29, 0.717) is 17.0 Å². The van der Waals surface area contributed by atoms with Crippen molar-refractivity contribution in [1.29, 1.82) is 0 Å². The Hall–Kier alpha value is -2.16. The van der Waals surface area contributed by atoms with E-state index in [4.69, 9.17) is 0 Å². The Morgan fingerprint density at radius 1 is 0.958 bits per heavy atom. The predicted molar refractivity (Wildman–Crippen MR) is 96.6 cm³/mol. The number of carbonyl (C=O) groups is 1. The predicted octanol–water partition coefficient (Wildman–Crippen LogP) is 4.04. The molecule has 0 fully saturated rings. The topological polar surface area (TPSA) is 41.2 Å². The quantitative estimate of drug-likeness (QED) is 0.668. The van der Waals surface area contributed by atoms with Crippen LogP contribution in [0, 0.1) is 0 Å². The Balaban J connectivity index is 2.72. The number of benzene rings is 1. The second-order valence-corrected chi connectivity index (χ2v) is 8.45. The van der Waals surface area contributed by atoms with Gasteiger partial charge in [0.15, 0.2) is 6.20 Å². The van der Waals surface area contributed by atoms with Crippen LogP contribution in [0.15, 0.2) is 36.5 Å². The van der Waals surface area contributed by atoms with Crippen molar-refractivity contribution in [1.82, 2.24) is 0 Å². The SMILES string of the molecule is C[n+]1ccccc1C(=O)c1cc(C(C)(C)C)c(O)c(C(C)(C)C)c1. The molecule has 0 amide bonds. The number of aromatic nitrogens is 1. The zero-order valence-electron chi connectivity index (χ0n) is 15.8. The minimum absolute atomic E-state index is 0.0332. The summed E-state index contributed by atoms with van der Waals surface area (Å²) in [6.07, 6.45) is 1.86. The van der Waals surface area contributed by atoms with Crippen molar-refractivity contribution in [2.75, 3.05) is 0 Å². The highest BCUT2D eigenvalue weighted by Crippen LogP contribution is 2.40. The molecule has 0 atom stereocenters. The molecule has 0 saturated heterocycles. The Bertz CT molecular complexity index is 742. The van der Waals surface area contributed by atoms with Crippen LogP contribution in [0.3, 0.4) is 0 Å². The number of hydrogen-bond acceptors (Lipinski definition) is 2. The number of pyridine rings is 1. The van der Waals surface area contributed by atoms with Crippen molar-refractivity contribution in [2.45, 2.75) is 52.4 Å². The summed E-state index contributed by atoms with van der Waals surface area (Å²) in [4.78, 5) is 13.0. The minimum atomic E-state index is -0.251. The standard InChI is InChI=1S/C21H27NO2/c1-20(2,3)15-12-14(13-16(19(15)24)21(4,5)6)18(23)17-10-8-9-11-22(17)7/h8-13H,1-7H3/p+1. The fourth-order valence-electron chi connectivity index (χ4n) is 2.82. The average Bonchev–Trinajstić information content (AvgIpc) is 2.45. The number of phenolic OH excluding ortho intramolecular Hbond substituents is 1. The first kappa shape index (κ1) is 18.2. The molecule has 3 heteroatoms. The molecule has 1 heterocycles. The summed E-state index contributed by atoms with van der Waals surface area (Å²) >= 11 is 0. The zero-order chi connectivity index (χ0) is 18.3. The van der Waals surface area contributed by atoms with Gasteiger partial charge in [-0.05, 0) is 29.0 Å². The summed E-state index contributed by atoms with van der Waals surface area (Å²) in [7, 11) is 1.86. The molecule has 0 aliphatic rings. The van der Waals surface area contributed by atoms with Gasteiger partial charge in [0, 0.05) is 28.8 Å². The maximum Gasteiger partial charge on any atom is 0.256 e. The fourth-order valence-corrected chi connectivity index (χ4v) is 2.82. The second kappa shape index (κ2) is 6.04. The number of aromatic hydroxyl groups is 1. The van der Waals surface area contributed by atoms with E-state index < -0.39 is 0 Å². The van der Waals surface area contributed by atoms with E-state index in [1.54, 1.807) is 0 Å². The van der Waals surface area contributed by atoms with Crippen LogP contribution >= 0.6 is 0 Å². The van der Waals surface area contributed by atoms with Gasteiger partial charge in [-0.25, -0.2) is 0 Å². The van der Waals surface area contributed by atoms with Crippen molar-refractivity contribution in [3.05, 3.63) is 58.9 Å². The van der Waals surface area contributed by atoms with Crippen LogP contribution in [-0.2, 0) is 17.9 Å². The monoisotopic (exact) mass is 326 g/mol. The number of phenols is 1. The van der Waals surface area contributed by atoms with Crippen LogP contribution in [-0.4, -0.2) is 10.9 Å². The molecule has 0 aliphatic heterocycles. The van der Waals surface area contributed by atoms with Gasteiger partial charge in [-0.1, -0.05) is 41.5 Å². The first-order valence-electron chi connectivity index (χ1n) is 8.30. The van der Waals surface area contributed by atoms with Crippen LogP contribution in [0.1, 0.15) is 68.7 Å². The van der Waals surface area contributed by atoms with Crippen molar-refractivity contribution in [3.8, 4) is 5.75 Å². The normalized spacial score (nSPS) is 12.3. The summed E-state index contributed by atoms with van der Waals surface area (Å²) in [5.41, 5.74) is 2.35.